The molecule has 1 amide bonds. The van der Waals surface area contributed by atoms with E-state index in [4.69, 9.17) is 0 Å². The summed E-state index contributed by atoms with van der Waals surface area (Å²) >= 11 is 0. The molecular weight excluding hydrogens is 374 g/mol. The lowest BCUT2D eigenvalue weighted by Crippen LogP contribution is -3.07. The van der Waals surface area contributed by atoms with Gasteiger partial charge in [0.15, 0.2) is 0 Å². The molecule has 2 N–H and O–H groups in total. The molecule has 0 radical (unpaired) electrons. The van der Waals surface area contributed by atoms with E-state index < -0.39 is 10.0 Å². The number of nitrogens with zero attached hydrogens (tertiary/aromatic N) is 1. The van der Waals surface area contributed by atoms with Crippen LogP contribution in [0, 0.1) is 0 Å². The molecule has 0 aliphatic carbocycles. The van der Waals surface area contributed by atoms with E-state index in [-0.39, 0.29) is 16.8 Å². The van der Waals surface area contributed by atoms with Crippen LogP contribution in [-0.2, 0) is 10.0 Å². The van der Waals surface area contributed by atoms with Crippen LogP contribution in [0.3, 0.4) is 0 Å². The number of likely N-dealkylation sites (N-methyl/N-ethyl adjacent to an activating group) is 1. The lowest BCUT2D eigenvalue weighted by molar-refractivity contribution is -0.890. The molecule has 0 unspecified atom stereocenters. The van der Waals surface area contributed by atoms with Gasteiger partial charge in [-0.25, -0.2) is 8.42 Å². The standard InChI is InChI=1S/C21H29N3O3S/c1-5-24(6-2)28(26,27)19-14-10-13-18(15-19)21(25)22-16-20(23(3)4)17-11-8-7-9-12-17/h7-15,20H,5-6,16H2,1-4H3,(H,22,25)/p+1/t20-/m0/s1. The van der Waals surface area contributed by atoms with Crippen LogP contribution in [0.5, 0.6) is 0 Å². The van der Waals surface area contributed by atoms with Gasteiger partial charge < -0.3 is 10.2 Å². The summed E-state index contributed by atoms with van der Waals surface area (Å²) < 4.78 is 26.8. The minimum atomic E-state index is -3.60. The van der Waals surface area contributed by atoms with Crippen LogP contribution in [0.25, 0.3) is 0 Å². The van der Waals surface area contributed by atoms with Crippen LogP contribution in [0.2, 0.25) is 0 Å². The van der Waals surface area contributed by atoms with Crippen molar-refractivity contribution < 1.29 is 18.1 Å². The Morgan fingerprint density at radius 2 is 1.68 bits per heavy atom. The van der Waals surface area contributed by atoms with Crippen molar-refractivity contribution in [2.75, 3.05) is 33.7 Å². The molecule has 0 heterocycles. The number of rotatable bonds is 9. The molecule has 0 aliphatic rings. The van der Waals surface area contributed by atoms with Crippen molar-refractivity contribution in [1.82, 2.24) is 9.62 Å². The molecule has 0 spiro atoms. The topological polar surface area (TPSA) is 70.9 Å². The molecule has 2 rings (SSSR count). The molecule has 6 nitrogen and oxygen atoms in total. The van der Waals surface area contributed by atoms with Gasteiger partial charge in [0.05, 0.1) is 25.5 Å². The third-order valence-corrected chi connectivity index (χ3v) is 6.85. The third kappa shape index (κ3) is 5.19. The molecule has 2 aromatic carbocycles. The van der Waals surface area contributed by atoms with E-state index >= 15 is 0 Å². The molecule has 152 valence electrons. The highest BCUT2D eigenvalue weighted by molar-refractivity contribution is 7.89. The van der Waals surface area contributed by atoms with E-state index in [1.807, 2.05) is 44.4 Å². The minimum Gasteiger partial charge on any atom is -0.346 e. The minimum absolute atomic E-state index is 0.104. The van der Waals surface area contributed by atoms with Crippen molar-refractivity contribution in [1.29, 1.82) is 0 Å². The van der Waals surface area contributed by atoms with Gasteiger partial charge in [0, 0.05) is 24.2 Å². The first kappa shape index (κ1) is 22.1. The van der Waals surface area contributed by atoms with E-state index in [9.17, 15) is 13.2 Å². The zero-order valence-corrected chi connectivity index (χ0v) is 17.8. The number of quaternary nitrogens is 1. The summed E-state index contributed by atoms with van der Waals surface area (Å²) in [5, 5.41) is 2.95. The molecular formula is C21H30N3O3S+. The highest BCUT2D eigenvalue weighted by atomic mass is 32.2. The van der Waals surface area contributed by atoms with E-state index in [0.29, 0.717) is 25.2 Å². The Morgan fingerprint density at radius 3 is 2.25 bits per heavy atom. The molecule has 0 bridgehead atoms. The average molecular weight is 405 g/mol. The smallest absolute Gasteiger partial charge is 0.251 e. The normalized spacial score (nSPS) is 12.9. The monoisotopic (exact) mass is 404 g/mol. The molecule has 0 saturated carbocycles. The Balaban J connectivity index is 2.17. The van der Waals surface area contributed by atoms with Crippen molar-refractivity contribution in [3.8, 4) is 0 Å². The predicted molar refractivity (Wildman–Crippen MR) is 111 cm³/mol. The van der Waals surface area contributed by atoms with Crippen molar-refractivity contribution in [2.45, 2.75) is 24.8 Å². The number of sulfonamides is 1. The lowest BCUT2D eigenvalue weighted by Gasteiger charge is -2.22. The second kappa shape index (κ2) is 9.82. The Kier molecular flexibility index (Phi) is 7.74. The van der Waals surface area contributed by atoms with Gasteiger partial charge >= 0.3 is 0 Å². The van der Waals surface area contributed by atoms with Gasteiger partial charge in [-0.2, -0.15) is 4.31 Å². The van der Waals surface area contributed by atoms with E-state index in [1.54, 1.807) is 26.0 Å². The fraction of sp³-hybridized carbons (Fsp3) is 0.381. The van der Waals surface area contributed by atoms with E-state index in [1.165, 1.54) is 21.3 Å². The number of carbonyl (C=O) groups is 1. The van der Waals surface area contributed by atoms with Crippen LogP contribution in [0.15, 0.2) is 59.5 Å². The summed E-state index contributed by atoms with van der Waals surface area (Å²) in [6.45, 7) is 4.83. The second-order valence-corrected chi connectivity index (χ2v) is 8.81. The van der Waals surface area contributed by atoms with Crippen LogP contribution in [0.1, 0.15) is 35.8 Å². The van der Waals surface area contributed by atoms with Gasteiger partial charge in [0.2, 0.25) is 10.0 Å². The number of nitrogens with one attached hydrogen (secondary N) is 2. The van der Waals surface area contributed by atoms with Crippen LogP contribution in [0.4, 0.5) is 0 Å². The lowest BCUT2D eigenvalue weighted by atomic mass is 10.1. The molecule has 1 atom stereocenters. The van der Waals surface area contributed by atoms with E-state index in [0.717, 1.165) is 5.56 Å². The summed E-state index contributed by atoms with van der Waals surface area (Å²) in [5.41, 5.74) is 1.48. The summed E-state index contributed by atoms with van der Waals surface area (Å²) in [6, 6.07) is 16.3. The quantitative estimate of drug-likeness (QED) is 0.663. The number of amides is 1. The van der Waals surface area contributed by atoms with Gasteiger partial charge in [0.1, 0.15) is 6.04 Å². The Morgan fingerprint density at radius 1 is 1.04 bits per heavy atom. The predicted octanol–water partition coefficient (Wildman–Crippen LogP) is 1.33. The summed E-state index contributed by atoms with van der Waals surface area (Å²) in [6.07, 6.45) is 0. The maximum atomic E-state index is 12.7. The average Bonchev–Trinajstić information content (AvgIpc) is 2.69. The number of benzene rings is 2. The Bertz CT molecular complexity index is 879. The maximum Gasteiger partial charge on any atom is 0.251 e. The van der Waals surface area contributed by atoms with Crippen LogP contribution in [-0.4, -0.2) is 52.4 Å². The van der Waals surface area contributed by atoms with Gasteiger partial charge in [0.25, 0.3) is 5.91 Å². The molecule has 0 saturated heterocycles. The van der Waals surface area contributed by atoms with E-state index in [2.05, 4.69) is 5.32 Å². The van der Waals surface area contributed by atoms with Gasteiger partial charge in [-0.15, -0.1) is 0 Å². The summed E-state index contributed by atoms with van der Waals surface area (Å²) in [5.74, 6) is -0.279. The fourth-order valence-electron chi connectivity index (χ4n) is 3.15. The fourth-order valence-corrected chi connectivity index (χ4v) is 4.65. The van der Waals surface area contributed by atoms with Crippen molar-refractivity contribution in [3.05, 3.63) is 65.7 Å². The number of hydrogen-bond donors (Lipinski definition) is 2. The molecule has 0 aromatic heterocycles. The Labute approximate surface area is 168 Å². The van der Waals surface area contributed by atoms with Crippen LogP contribution >= 0.6 is 0 Å². The second-order valence-electron chi connectivity index (χ2n) is 6.87. The Hall–Kier alpha value is -2.22. The summed E-state index contributed by atoms with van der Waals surface area (Å²) in [7, 11) is 0.490. The van der Waals surface area contributed by atoms with Crippen LogP contribution < -0.4 is 10.2 Å². The first-order valence-electron chi connectivity index (χ1n) is 9.54. The van der Waals surface area contributed by atoms with Gasteiger partial charge in [-0.1, -0.05) is 50.2 Å². The third-order valence-electron chi connectivity index (χ3n) is 4.81. The van der Waals surface area contributed by atoms with Crippen molar-refractivity contribution in [3.63, 3.8) is 0 Å². The highest BCUT2D eigenvalue weighted by Crippen LogP contribution is 2.17. The van der Waals surface area contributed by atoms with Crippen molar-refractivity contribution in [2.24, 2.45) is 0 Å². The largest absolute Gasteiger partial charge is 0.346 e. The molecule has 0 fully saturated rings. The first-order valence-corrected chi connectivity index (χ1v) is 11.0. The zero-order chi connectivity index (χ0) is 20.7. The zero-order valence-electron chi connectivity index (χ0n) is 17.0. The summed E-state index contributed by atoms with van der Waals surface area (Å²) in [4.78, 5) is 14.0. The van der Waals surface area contributed by atoms with Crippen molar-refractivity contribution >= 4 is 15.9 Å². The highest BCUT2D eigenvalue weighted by Gasteiger charge is 2.23. The number of carbonyl (C=O) groups excluding carboxylic acids is 1. The SMILES string of the molecule is CCN(CC)S(=O)(=O)c1cccc(C(=O)NC[C@@H](c2ccccc2)[NH+](C)C)c1. The van der Waals surface area contributed by atoms with Gasteiger partial charge in [-0.3, -0.25) is 4.79 Å². The van der Waals surface area contributed by atoms with Gasteiger partial charge in [-0.05, 0) is 18.2 Å². The molecule has 28 heavy (non-hydrogen) atoms. The molecule has 2 aromatic rings. The number of hydrogen-bond acceptors (Lipinski definition) is 3. The first-order chi connectivity index (χ1) is 13.3. The molecule has 7 heteroatoms. The molecule has 0 aliphatic heterocycles. The maximum absolute atomic E-state index is 12.7.